The van der Waals surface area contributed by atoms with Crippen LogP contribution in [0.15, 0.2) is 36.7 Å². The molecule has 37 heavy (non-hydrogen) atoms. The van der Waals surface area contributed by atoms with Gasteiger partial charge >= 0.3 is 6.09 Å². The van der Waals surface area contributed by atoms with Gasteiger partial charge in [-0.3, -0.25) is 9.78 Å². The summed E-state index contributed by atoms with van der Waals surface area (Å²) in [6.45, 7) is 2.29. The molecule has 11 nitrogen and oxygen atoms in total. The van der Waals surface area contributed by atoms with Crippen LogP contribution in [0.2, 0.25) is 0 Å². The standard InChI is InChI=1S/C25H28FN7O4/c1-25(2,36)22(26)13-30-23(34)18-12-29-20(21-5-4-16-6-14(10-27)11-31-33(16)21)9-19(18)32-15-7-17(8-15)37-24(35)28-3/h4-6,9,11-12,15,17,22,36H,7-8,13H2,1-3H3,(H,28,35)(H,29,32)(H,30,34). The van der Waals surface area contributed by atoms with Crippen molar-refractivity contribution in [2.45, 2.75) is 50.6 Å². The molecule has 0 aromatic carbocycles. The fourth-order valence-corrected chi connectivity index (χ4v) is 3.89. The van der Waals surface area contributed by atoms with Gasteiger partial charge in [0.15, 0.2) is 0 Å². The van der Waals surface area contributed by atoms with Crippen molar-refractivity contribution in [2.75, 3.05) is 18.9 Å². The number of aromatic nitrogens is 3. The van der Waals surface area contributed by atoms with Crippen LogP contribution in [0.25, 0.3) is 16.9 Å². The number of alkyl halides is 1. The number of nitrogens with zero attached hydrogens (tertiary/aromatic N) is 4. The molecule has 1 fully saturated rings. The Morgan fingerprint density at radius 2 is 2.08 bits per heavy atom. The summed E-state index contributed by atoms with van der Waals surface area (Å²) >= 11 is 0. The van der Waals surface area contributed by atoms with Crippen molar-refractivity contribution in [1.29, 1.82) is 5.26 Å². The number of fused-ring (bicyclic) bond motifs is 1. The quantitative estimate of drug-likeness (QED) is 0.361. The lowest BCUT2D eigenvalue weighted by Gasteiger charge is -2.36. The summed E-state index contributed by atoms with van der Waals surface area (Å²) in [7, 11) is 1.49. The first kappa shape index (κ1) is 25.8. The second-order valence-electron chi connectivity index (χ2n) is 9.45. The summed E-state index contributed by atoms with van der Waals surface area (Å²) in [5, 5.41) is 31.5. The molecule has 1 unspecified atom stereocenters. The number of carbonyl (C=O) groups excluding carboxylic acids is 2. The van der Waals surface area contributed by atoms with Crippen molar-refractivity contribution in [3.8, 4) is 17.5 Å². The molecule has 0 bridgehead atoms. The van der Waals surface area contributed by atoms with Crippen LogP contribution in [-0.2, 0) is 4.74 Å². The highest BCUT2D eigenvalue weighted by Crippen LogP contribution is 2.31. The zero-order valence-corrected chi connectivity index (χ0v) is 20.7. The van der Waals surface area contributed by atoms with Gasteiger partial charge in [0.1, 0.15) is 18.3 Å². The molecule has 0 spiro atoms. The molecule has 4 rings (SSSR count). The van der Waals surface area contributed by atoms with Crippen LogP contribution in [0.4, 0.5) is 14.9 Å². The number of pyridine rings is 1. The van der Waals surface area contributed by atoms with Gasteiger partial charge in [-0.15, -0.1) is 0 Å². The number of hydrogen-bond acceptors (Lipinski definition) is 8. The van der Waals surface area contributed by atoms with Crippen LogP contribution in [0, 0.1) is 11.3 Å². The molecule has 0 aliphatic heterocycles. The molecular weight excluding hydrogens is 481 g/mol. The fraction of sp³-hybridized carbons (Fsp3) is 0.400. The maximum atomic E-state index is 14.2. The Hall–Kier alpha value is -4.24. The molecule has 0 saturated heterocycles. The first-order chi connectivity index (χ1) is 17.6. The summed E-state index contributed by atoms with van der Waals surface area (Å²) in [6, 6.07) is 9.01. The fourth-order valence-electron chi connectivity index (χ4n) is 3.89. The van der Waals surface area contributed by atoms with Crippen LogP contribution in [0.5, 0.6) is 0 Å². The summed E-state index contributed by atoms with van der Waals surface area (Å²) in [6.07, 6.45) is 1.52. The van der Waals surface area contributed by atoms with Gasteiger partial charge in [0, 0.05) is 32.1 Å². The lowest BCUT2D eigenvalue weighted by Crippen LogP contribution is -2.44. The third-order valence-corrected chi connectivity index (χ3v) is 6.18. The van der Waals surface area contributed by atoms with E-state index < -0.39 is 23.8 Å². The van der Waals surface area contributed by atoms with Crippen molar-refractivity contribution in [1.82, 2.24) is 25.2 Å². The van der Waals surface area contributed by atoms with Crippen LogP contribution in [0.1, 0.15) is 42.6 Å². The van der Waals surface area contributed by atoms with Gasteiger partial charge in [0.25, 0.3) is 5.91 Å². The second-order valence-corrected chi connectivity index (χ2v) is 9.45. The Labute approximate surface area is 212 Å². The van der Waals surface area contributed by atoms with E-state index in [1.54, 1.807) is 16.6 Å². The maximum Gasteiger partial charge on any atom is 0.407 e. The number of nitriles is 1. The van der Waals surface area contributed by atoms with Crippen LogP contribution < -0.4 is 16.0 Å². The highest BCUT2D eigenvalue weighted by molar-refractivity contribution is 6.00. The summed E-state index contributed by atoms with van der Waals surface area (Å²) in [4.78, 5) is 28.8. The van der Waals surface area contributed by atoms with Gasteiger partial charge < -0.3 is 25.8 Å². The predicted molar refractivity (Wildman–Crippen MR) is 133 cm³/mol. The molecule has 3 aromatic rings. The van der Waals surface area contributed by atoms with Crippen LogP contribution in [0.3, 0.4) is 0 Å². The lowest BCUT2D eigenvalue weighted by atomic mass is 9.89. The van der Waals surface area contributed by atoms with Gasteiger partial charge in [0.2, 0.25) is 0 Å². The van der Waals surface area contributed by atoms with Crippen LogP contribution >= 0.6 is 0 Å². The van der Waals surface area contributed by atoms with E-state index in [2.05, 4.69) is 32.1 Å². The predicted octanol–water partition coefficient (Wildman–Crippen LogP) is 2.41. The van der Waals surface area contributed by atoms with Crippen molar-refractivity contribution in [3.05, 3.63) is 47.8 Å². The monoisotopic (exact) mass is 509 g/mol. The highest BCUT2D eigenvalue weighted by atomic mass is 19.1. The van der Waals surface area contributed by atoms with E-state index in [0.29, 0.717) is 41.0 Å². The van der Waals surface area contributed by atoms with Crippen molar-refractivity contribution >= 4 is 23.2 Å². The first-order valence-corrected chi connectivity index (χ1v) is 11.8. The zero-order chi connectivity index (χ0) is 26.7. The molecule has 194 valence electrons. The van der Waals surface area contributed by atoms with Gasteiger partial charge in [-0.1, -0.05) is 0 Å². The SMILES string of the molecule is CNC(=O)OC1CC(Nc2cc(-c3ccc4cc(C#N)cnn34)ncc2C(=O)NCC(F)C(C)(C)O)C1. The molecule has 0 radical (unpaired) electrons. The van der Waals surface area contributed by atoms with Gasteiger partial charge in [-0.2, -0.15) is 10.4 Å². The van der Waals surface area contributed by atoms with E-state index in [4.69, 9.17) is 10.00 Å². The van der Waals surface area contributed by atoms with Gasteiger partial charge in [-0.25, -0.2) is 13.7 Å². The third-order valence-electron chi connectivity index (χ3n) is 6.18. The van der Waals surface area contributed by atoms with Gasteiger partial charge in [0.05, 0.1) is 52.1 Å². The van der Waals surface area contributed by atoms with Crippen LogP contribution in [-0.4, -0.2) is 69.2 Å². The number of carbonyl (C=O) groups is 2. The topological polar surface area (TPSA) is 154 Å². The molecule has 1 aliphatic carbocycles. The minimum Gasteiger partial charge on any atom is -0.446 e. The molecule has 4 N–H and O–H groups in total. The number of ether oxygens (including phenoxy) is 1. The smallest absolute Gasteiger partial charge is 0.407 e. The van der Waals surface area contributed by atoms with Gasteiger partial charge in [-0.05, 0) is 38.1 Å². The molecule has 1 atom stereocenters. The Kier molecular flexibility index (Phi) is 7.26. The molecule has 2 amide bonds. The minimum absolute atomic E-state index is 0.0675. The Balaban J connectivity index is 1.59. The van der Waals surface area contributed by atoms with E-state index in [0.717, 1.165) is 0 Å². The summed E-state index contributed by atoms with van der Waals surface area (Å²) in [5.41, 5.74) is 1.37. The molecular formula is C25H28FN7O4. The third kappa shape index (κ3) is 5.78. The first-order valence-electron chi connectivity index (χ1n) is 11.8. The minimum atomic E-state index is -1.66. The Morgan fingerprint density at radius 1 is 1.32 bits per heavy atom. The van der Waals surface area contributed by atoms with E-state index in [-0.39, 0.29) is 24.3 Å². The normalized spacial score (nSPS) is 17.8. The average molecular weight is 510 g/mol. The van der Waals surface area contributed by atoms with E-state index in [1.807, 2.05) is 12.1 Å². The van der Waals surface area contributed by atoms with Crippen molar-refractivity contribution < 1.29 is 23.8 Å². The molecule has 12 heteroatoms. The Morgan fingerprint density at radius 3 is 2.76 bits per heavy atom. The molecule has 1 saturated carbocycles. The number of rotatable bonds is 8. The average Bonchev–Trinajstić information content (AvgIpc) is 3.28. The summed E-state index contributed by atoms with van der Waals surface area (Å²) < 4.78 is 21.1. The number of alkyl carbamates (subject to hydrolysis) is 1. The number of nitrogens with one attached hydrogen (secondary N) is 3. The maximum absolute atomic E-state index is 14.2. The molecule has 3 aromatic heterocycles. The largest absolute Gasteiger partial charge is 0.446 e. The zero-order valence-electron chi connectivity index (χ0n) is 20.7. The highest BCUT2D eigenvalue weighted by Gasteiger charge is 2.33. The number of aliphatic hydroxyl groups is 1. The lowest BCUT2D eigenvalue weighted by molar-refractivity contribution is -0.00177. The molecule has 3 heterocycles. The van der Waals surface area contributed by atoms with E-state index in [1.165, 1.54) is 33.3 Å². The number of halogens is 1. The van der Waals surface area contributed by atoms with E-state index in [9.17, 15) is 19.1 Å². The van der Waals surface area contributed by atoms with Crippen molar-refractivity contribution in [2.24, 2.45) is 0 Å². The van der Waals surface area contributed by atoms with E-state index >= 15 is 0 Å². The van der Waals surface area contributed by atoms with Crippen molar-refractivity contribution in [3.63, 3.8) is 0 Å². The second kappa shape index (κ2) is 10.4. The Bertz CT molecular complexity index is 1360. The number of anilines is 1. The number of amides is 2. The summed E-state index contributed by atoms with van der Waals surface area (Å²) in [5.74, 6) is -0.553. The number of hydrogen-bond donors (Lipinski definition) is 4. The molecule has 1 aliphatic rings.